The van der Waals surface area contributed by atoms with E-state index in [-0.39, 0.29) is 43.9 Å². The summed E-state index contributed by atoms with van der Waals surface area (Å²) < 4.78 is 0. The number of Topliss-reactive ketones (excluding diaryl/α,β-unsaturated/α-hetero) is 2. The number of rotatable bonds is 10. The van der Waals surface area contributed by atoms with E-state index in [9.17, 15) is 19.2 Å². The van der Waals surface area contributed by atoms with Gasteiger partial charge in [0.2, 0.25) is 0 Å². The summed E-state index contributed by atoms with van der Waals surface area (Å²) in [6.07, 6.45) is 1.11. The Kier molecular flexibility index (Phi) is 21.9. The van der Waals surface area contributed by atoms with Crippen molar-refractivity contribution in [2.75, 3.05) is 13.2 Å². The van der Waals surface area contributed by atoms with Gasteiger partial charge in [0.05, 0.1) is 13.2 Å². The molecule has 0 saturated heterocycles. The summed E-state index contributed by atoms with van der Waals surface area (Å²) in [5, 5.41) is 0. The van der Waals surface area contributed by atoms with Crippen LogP contribution in [0.25, 0.3) is 0 Å². The third-order valence-corrected chi connectivity index (χ3v) is 1.67. The van der Waals surface area contributed by atoms with Crippen LogP contribution in [0, 0.1) is 0 Å². The van der Waals surface area contributed by atoms with Gasteiger partial charge in [-0.15, -0.1) is 0 Å². The largest absolute Gasteiger partial charge is 0.349 e. The van der Waals surface area contributed by atoms with Gasteiger partial charge in [0, 0.05) is 19.5 Å². The Morgan fingerprint density at radius 1 is 0.696 bits per heavy atom. The van der Waals surface area contributed by atoms with E-state index < -0.39 is 11.9 Å². The van der Waals surface area contributed by atoms with Gasteiger partial charge in [-0.1, -0.05) is 13.8 Å². The van der Waals surface area contributed by atoms with Crippen molar-refractivity contribution in [2.45, 2.75) is 53.4 Å². The molecule has 23 heavy (non-hydrogen) atoms. The van der Waals surface area contributed by atoms with E-state index >= 15 is 0 Å². The second-order valence-electron chi connectivity index (χ2n) is 4.31. The Bertz CT molecular complexity index is 323. The van der Waals surface area contributed by atoms with Gasteiger partial charge in [0.15, 0.2) is 0 Å². The monoisotopic (exact) mass is 422 g/mol. The third kappa shape index (κ3) is 26.1. The first-order valence-electron chi connectivity index (χ1n) is 6.96. The van der Waals surface area contributed by atoms with Crippen molar-refractivity contribution >= 4 is 23.5 Å². The number of carbonyl (C=O) groups is 4. The normalized spacial score (nSPS) is 8.87. The molecule has 0 aromatic rings. The molecule has 0 rings (SSSR count). The molecule has 0 saturated carbocycles. The summed E-state index contributed by atoms with van der Waals surface area (Å²) in [5.74, 6) is -1.72. The van der Waals surface area contributed by atoms with Crippen LogP contribution >= 0.6 is 0 Å². The maximum atomic E-state index is 10.6. The van der Waals surface area contributed by atoms with Crippen LogP contribution in [0.4, 0.5) is 0 Å². The van der Waals surface area contributed by atoms with Crippen molar-refractivity contribution in [1.29, 1.82) is 0 Å². The minimum Gasteiger partial charge on any atom is -0.299 e. The molecule has 0 aromatic carbocycles. The van der Waals surface area contributed by atoms with E-state index in [2.05, 4.69) is 19.6 Å². The number of carbonyl (C=O) groups excluding carboxylic acids is 4. The molecule has 136 valence electrons. The van der Waals surface area contributed by atoms with Crippen molar-refractivity contribution in [1.82, 2.24) is 0 Å². The molecular formula is C14H24O8Ru. The van der Waals surface area contributed by atoms with Crippen molar-refractivity contribution < 1.29 is 58.2 Å². The quantitative estimate of drug-likeness (QED) is 0.173. The molecule has 0 radical (unpaired) electrons. The molecule has 0 spiro atoms. The van der Waals surface area contributed by atoms with Gasteiger partial charge in [0.1, 0.15) is 24.4 Å². The zero-order valence-electron chi connectivity index (χ0n) is 13.9. The van der Waals surface area contributed by atoms with Gasteiger partial charge < -0.3 is 0 Å². The molecule has 0 aliphatic heterocycles. The van der Waals surface area contributed by atoms with E-state index in [0.29, 0.717) is 13.2 Å². The summed E-state index contributed by atoms with van der Waals surface area (Å²) in [7, 11) is 0. The number of hydrogen-bond acceptors (Lipinski definition) is 8. The first-order chi connectivity index (χ1) is 10.3. The van der Waals surface area contributed by atoms with Gasteiger partial charge >= 0.3 is 11.9 Å². The number of hydrogen-bond donors (Lipinski definition) is 0. The van der Waals surface area contributed by atoms with Crippen molar-refractivity contribution in [3.05, 3.63) is 0 Å². The maximum Gasteiger partial charge on any atom is 0.349 e. The van der Waals surface area contributed by atoms with Gasteiger partial charge in [-0.25, -0.2) is 9.59 Å². The molecule has 0 aromatic heterocycles. The first kappa shape index (κ1) is 26.7. The summed E-state index contributed by atoms with van der Waals surface area (Å²) >= 11 is 0. The Hall–Kier alpha value is -1.18. The van der Waals surface area contributed by atoms with Gasteiger partial charge in [-0.3, -0.25) is 19.4 Å². The number of ketones is 2. The molecule has 0 unspecified atom stereocenters. The fourth-order valence-corrected chi connectivity index (χ4v) is 0.847. The van der Waals surface area contributed by atoms with Crippen LogP contribution in [0.5, 0.6) is 0 Å². The maximum absolute atomic E-state index is 10.6. The molecule has 0 amide bonds. The average molecular weight is 421 g/mol. The van der Waals surface area contributed by atoms with Crippen LogP contribution in [0.1, 0.15) is 53.4 Å². The van der Waals surface area contributed by atoms with Gasteiger partial charge in [-0.2, -0.15) is 9.78 Å². The average Bonchev–Trinajstić information content (AvgIpc) is 2.38. The second kappa shape index (κ2) is 18.9. The predicted molar refractivity (Wildman–Crippen MR) is 75.3 cm³/mol. The molecule has 9 heteroatoms. The Balaban J connectivity index is -0.000000333. The van der Waals surface area contributed by atoms with E-state index in [1.54, 1.807) is 0 Å². The van der Waals surface area contributed by atoms with E-state index in [1.165, 1.54) is 13.8 Å². The van der Waals surface area contributed by atoms with E-state index in [4.69, 9.17) is 0 Å². The Morgan fingerprint density at radius 3 is 1.22 bits per heavy atom. The van der Waals surface area contributed by atoms with Crippen LogP contribution in [-0.2, 0) is 58.2 Å². The SMILES string of the molecule is CCCOOC(=O)CC(C)=O.CCCOOC(=O)CC(C)=O.[Ru]. The van der Waals surface area contributed by atoms with Crippen molar-refractivity contribution in [3.8, 4) is 0 Å². The topological polar surface area (TPSA) is 105 Å². The third-order valence-electron chi connectivity index (χ3n) is 1.67. The fraction of sp³-hybridized carbons (Fsp3) is 0.714. The van der Waals surface area contributed by atoms with Crippen molar-refractivity contribution in [3.63, 3.8) is 0 Å². The Morgan fingerprint density at radius 2 is 1.00 bits per heavy atom. The molecule has 0 aliphatic carbocycles. The van der Waals surface area contributed by atoms with E-state index in [1.807, 2.05) is 13.8 Å². The van der Waals surface area contributed by atoms with Crippen LogP contribution in [-0.4, -0.2) is 36.7 Å². The molecule has 8 nitrogen and oxygen atoms in total. The smallest absolute Gasteiger partial charge is 0.299 e. The zero-order chi connectivity index (χ0) is 17.4. The molecule has 0 fully saturated rings. The predicted octanol–water partition coefficient (Wildman–Crippen LogP) is 1.70. The van der Waals surface area contributed by atoms with Crippen LogP contribution in [0.15, 0.2) is 0 Å². The van der Waals surface area contributed by atoms with Crippen LogP contribution in [0.3, 0.4) is 0 Å². The minimum absolute atomic E-state index is 0. The molecular weight excluding hydrogens is 397 g/mol. The summed E-state index contributed by atoms with van der Waals surface area (Å²) in [5.41, 5.74) is 0. The second-order valence-corrected chi connectivity index (χ2v) is 4.31. The first-order valence-corrected chi connectivity index (χ1v) is 6.96. The molecule has 0 atom stereocenters. The summed E-state index contributed by atoms with van der Waals surface area (Å²) in [6.45, 7) is 7.15. The minimum atomic E-state index is -0.633. The van der Waals surface area contributed by atoms with Gasteiger partial charge in [-0.05, 0) is 26.7 Å². The molecule has 0 aliphatic rings. The Labute approximate surface area is 148 Å². The van der Waals surface area contributed by atoms with Crippen LogP contribution in [0.2, 0.25) is 0 Å². The fourth-order valence-electron chi connectivity index (χ4n) is 0.847. The standard InChI is InChI=1S/2C7H12O4.Ru/c2*1-3-4-10-11-7(9)5-6(2)8;/h2*3-5H2,1-2H3;. The van der Waals surface area contributed by atoms with Crippen molar-refractivity contribution in [2.24, 2.45) is 0 Å². The summed E-state index contributed by atoms with van der Waals surface area (Å²) in [4.78, 5) is 59.1. The molecule has 0 N–H and O–H groups in total. The molecule has 0 bridgehead atoms. The van der Waals surface area contributed by atoms with E-state index in [0.717, 1.165) is 12.8 Å². The zero-order valence-corrected chi connectivity index (χ0v) is 15.6. The molecule has 0 heterocycles. The summed E-state index contributed by atoms with van der Waals surface area (Å²) in [6, 6.07) is 0. The van der Waals surface area contributed by atoms with Crippen LogP contribution < -0.4 is 0 Å². The van der Waals surface area contributed by atoms with Gasteiger partial charge in [0.25, 0.3) is 0 Å².